The van der Waals surface area contributed by atoms with E-state index in [2.05, 4.69) is 25.3 Å². The molecule has 3 N–H and O–H groups in total. The van der Waals surface area contributed by atoms with E-state index in [0.717, 1.165) is 6.08 Å². The van der Waals surface area contributed by atoms with Crippen molar-refractivity contribution in [3.05, 3.63) is 10.3 Å². The molecule has 0 amide bonds. The van der Waals surface area contributed by atoms with Gasteiger partial charge in [0.1, 0.15) is 0 Å². The summed E-state index contributed by atoms with van der Waals surface area (Å²) in [6.45, 7) is 1.73. The van der Waals surface area contributed by atoms with Gasteiger partial charge in [0, 0.05) is 16.9 Å². The number of hydrogen-bond donors (Lipinski definition) is 5. The molecule has 0 spiro atoms. The maximum Gasteiger partial charge on any atom is 0.329 e. The summed E-state index contributed by atoms with van der Waals surface area (Å²) in [7, 11) is 0. The van der Waals surface area contributed by atoms with Crippen LogP contribution in [0.2, 0.25) is 0 Å². The zero-order chi connectivity index (χ0) is 10.9. The van der Waals surface area contributed by atoms with Gasteiger partial charge in [0.25, 0.3) is 0 Å². The Morgan fingerprint density at radius 3 is 2.00 bits per heavy atom. The monoisotopic (exact) mass is 226 g/mol. The molecule has 1 unspecified atom stereocenters. The van der Waals surface area contributed by atoms with Crippen LogP contribution in [0.5, 0.6) is 0 Å². The van der Waals surface area contributed by atoms with Gasteiger partial charge >= 0.3 is 5.97 Å². The van der Waals surface area contributed by atoms with Crippen LogP contribution in [-0.2, 0) is 4.79 Å². The standard InChI is InChI=1S/C4H10O2.C3H4O2S2/c1-4(6)2-3-5;4-2(5)1-3(6)7/h4-6H,2-3H2,1H3;1,6-7H,(H,4,5). The van der Waals surface area contributed by atoms with Crippen LogP contribution in [0.4, 0.5) is 0 Å². The summed E-state index contributed by atoms with van der Waals surface area (Å²) in [5.74, 6) is -1.03. The van der Waals surface area contributed by atoms with Crippen molar-refractivity contribution in [1.82, 2.24) is 0 Å². The molecule has 0 aromatic heterocycles. The molecule has 0 aromatic carbocycles. The number of carboxylic acid groups (broad SMARTS) is 1. The Morgan fingerprint density at radius 2 is 2.00 bits per heavy atom. The maximum atomic E-state index is 9.64. The third-order valence-corrected chi connectivity index (χ3v) is 1.06. The van der Waals surface area contributed by atoms with Crippen LogP contribution in [0.1, 0.15) is 13.3 Å². The molecule has 0 saturated carbocycles. The van der Waals surface area contributed by atoms with Crippen LogP contribution in [-0.4, -0.2) is 34.0 Å². The molecule has 1 atom stereocenters. The molecule has 0 bridgehead atoms. The Bertz CT molecular complexity index is 164. The van der Waals surface area contributed by atoms with E-state index in [1.165, 1.54) is 0 Å². The number of aliphatic hydroxyl groups is 2. The van der Waals surface area contributed by atoms with Crippen molar-refractivity contribution in [3.63, 3.8) is 0 Å². The second kappa shape index (κ2) is 9.91. The summed E-state index contributed by atoms with van der Waals surface area (Å²) in [6, 6.07) is 0. The molecule has 0 heterocycles. The minimum Gasteiger partial charge on any atom is -0.478 e. The van der Waals surface area contributed by atoms with Gasteiger partial charge in [-0.15, -0.1) is 25.3 Å². The number of aliphatic carboxylic acids is 1. The van der Waals surface area contributed by atoms with Crippen molar-refractivity contribution in [3.8, 4) is 0 Å². The Labute approximate surface area is 88.1 Å². The van der Waals surface area contributed by atoms with Gasteiger partial charge in [-0.25, -0.2) is 4.79 Å². The molecule has 13 heavy (non-hydrogen) atoms. The molecule has 0 aliphatic rings. The van der Waals surface area contributed by atoms with Crippen molar-refractivity contribution >= 4 is 31.2 Å². The quantitative estimate of drug-likeness (QED) is 0.359. The first-order chi connectivity index (χ1) is 5.90. The summed E-state index contributed by atoms with van der Waals surface area (Å²) < 4.78 is 0.201. The number of carboxylic acids is 1. The zero-order valence-electron chi connectivity index (χ0n) is 7.21. The molecule has 6 heteroatoms. The van der Waals surface area contributed by atoms with E-state index in [-0.39, 0.29) is 16.9 Å². The lowest BCUT2D eigenvalue weighted by atomic mass is 10.3. The summed E-state index contributed by atoms with van der Waals surface area (Å²) in [5, 5.41) is 24.4. The minimum absolute atomic E-state index is 0.0810. The lowest BCUT2D eigenvalue weighted by Crippen LogP contribution is -2.00. The Kier molecular flexibility index (Phi) is 11.7. The number of carbonyl (C=O) groups is 1. The first-order valence-electron chi connectivity index (χ1n) is 3.51. The highest BCUT2D eigenvalue weighted by atomic mass is 32.2. The summed E-state index contributed by atoms with van der Waals surface area (Å²) in [6.07, 6.45) is 1.03. The molecule has 4 nitrogen and oxygen atoms in total. The molecule has 0 fully saturated rings. The molecular weight excluding hydrogens is 212 g/mol. The molecule has 0 aromatic rings. The van der Waals surface area contributed by atoms with Gasteiger partial charge in [-0.05, 0) is 13.3 Å². The maximum absolute atomic E-state index is 9.64. The lowest BCUT2D eigenvalue weighted by Gasteiger charge is -1.95. The van der Waals surface area contributed by atoms with Crippen LogP contribution < -0.4 is 0 Å². The average Bonchev–Trinajstić information content (AvgIpc) is 1.83. The predicted molar refractivity (Wildman–Crippen MR) is 57.1 cm³/mol. The summed E-state index contributed by atoms with van der Waals surface area (Å²) >= 11 is 7.16. The van der Waals surface area contributed by atoms with Crippen molar-refractivity contribution in [2.75, 3.05) is 6.61 Å². The van der Waals surface area contributed by atoms with E-state index in [1.54, 1.807) is 6.92 Å². The molecule has 78 valence electrons. The second-order valence-corrected chi connectivity index (χ2v) is 3.52. The van der Waals surface area contributed by atoms with E-state index < -0.39 is 5.97 Å². The molecule has 0 saturated heterocycles. The predicted octanol–water partition coefficient (Wildman–Crippen LogP) is 0.522. The van der Waals surface area contributed by atoms with Crippen molar-refractivity contribution in [2.24, 2.45) is 0 Å². The lowest BCUT2D eigenvalue weighted by molar-refractivity contribution is -0.131. The SMILES string of the molecule is CC(O)CCO.O=C(O)C=C(S)S. The van der Waals surface area contributed by atoms with E-state index in [4.69, 9.17) is 15.3 Å². The molecule has 0 radical (unpaired) electrons. The van der Waals surface area contributed by atoms with Gasteiger partial charge in [-0.1, -0.05) is 0 Å². The zero-order valence-corrected chi connectivity index (χ0v) is 9.00. The normalized spacial score (nSPS) is 10.8. The van der Waals surface area contributed by atoms with E-state index >= 15 is 0 Å². The topological polar surface area (TPSA) is 77.8 Å². The molecular formula is C7H14O4S2. The fraction of sp³-hybridized carbons (Fsp3) is 0.571. The van der Waals surface area contributed by atoms with Gasteiger partial charge in [0.2, 0.25) is 0 Å². The van der Waals surface area contributed by atoms with Crippen LogP contribution in [0.25, 0.3) is 0 Å². The Hall–Kier alpha value is -0.170. The second-order valence-electron chi connectivity index (χ2n) is 2.20. The first kappa shape index (κ1) is 15.3. The van der Waals surface area contributed by atoms with Crippen molar-refractivity contribution in [2.45, 2.75) is 19.4 Å². The molecule has 0 aliphatic heterocycles. The fourth-order valence-electron chi connectivity index (χ4n) is 0.297. The number of hydrogen-bond acceptors (Lipinski definition) is 5. The number of aliphatic hydroxyl groups excluding tert-OH is 2. The van der Waals surface area contributed by atoms with E-state index in [0.29, 0.717) is 6.42 Å². The smallest absolute Gasteiger partial charge is 0.329 e. The molecule has 0 rings (SSSR count). The highest BCUT2D eigenvalue weighted by Crippen LogP contribution is 2.02. The van der Waals surface area contributed by atoms with Crippen LogP contribution in [0.3, 0.4) is 0 Å². The summed E-state index contributed by atoms with van der Waals surface area (Å²) in [5.41, 5.74) is 0. The number of thiol groups is 2. The van der Waals surface area contributed by atoms with Gasteiger partial charge < -0.3 is 15.3 Å². The fourth-order valence-corrected chi connectivity index (χ4v) is 0.518. The third-order valence-electron chi connectivity index (χ3n) is 0.799. The van der Waals surface area contributed by atoms with Gasteiger partial charge in [0.15, 0.2) is 0 Å². The van der Waals surface area contributed by atoms with Crippen molar-refractivity contribution < 1.29 is 20.1 Å². The number of rotatable bonds is 3. The van der Waals surface area contributed by atoms with Crippen LogP contribution in [0, 0.1) is 0 Å². The third kappa shape index (κ3) is 24.5. The van der Waals surface area contributed by atoms with Crippen LogP contribution >= 0.6 is 25.3 Å². The Balaban J connectivity index is 0. The summed E-state index contributed by atoms with van der Waals surface area (Å²) in [4.78, 5) is 9.64. The average molecular weight is 226 g/mol. The Morgan fingerprint density at radius 1 is 1.54 bits per heavy atom. The van der Waals surface area contributed by atoms with Crippen LogP contribution in [0.15, 0.2) is 10.3 Å². The van der Waals surface area contributed by atoms with Gasteiger partial charge in [-0.3, -0.25) is 0 Å². The first-order valence-corrected chi connectivity index (χ1v) is 4.41. The van der Waals surface area contributed by atoms with Crippen molar-refractivity contribution in [1.29, 1.82) is 0 Å². The van der Waals surface area contributed by atoms with E-state index in [9.17, 15) is 4.79 Å². The highest BCUT2D eigenvalue weighted by molar-refractivity contribution is 8.05. The largest absolute Gasteiger partial charge is 0.478 e. The van der Waals surface area contributed by atoms with Gasteiger partial charge in [0.05, 0.1) is 6.10 Å². The minimum atomic E-state index is -1.03. The molecule has 0 aliphatic carbocycles. The van der Waals surface area contributed by atoms with Gasteiger partial charge in [-0.2, -0.15) is 0 Å². The highest BCUT2D eigenvalue weighted by Gasteiger charge is 1.88. The van der Waals surface area contributed by atoms with E-state index in [1.807, 2.05) is 0 Å².